The third-order valence-electron chi connectivity index (χ3n) is 2.64. The number of hydrogen-bond donors (Lipinski definition) is 1. The van der Waals surface area contributed by atoms with E-state index in [1.807, 2.05) is 19.1 Å². The first kappa shape index (κ1) is 23.3. The van der Waals surface area contributed by atoms with E-state index >= 15 is 0 Å². The fourth-order valence-electron chi connectivity index (χ4n) is 1.59. The van der Waals surface area contributed by atoms with Crippen LogP contribution in [0.1, 0.15) is 19.8 Å². The minimum atomic E-state index is -3.69. The van der Waals surface area contributed by atoms with Gasteiger partial charge in [-0.15, -0.1) is 24.0 Å². The molecule has 0 fully saturated rings. The van der Waals surface area contributed by atoms with Crippen molar-refractivity contribution < 1.29 is 17.7 Å². The molecule has 0 spiro atoms. The number of unbranched alkanes of at least 4 members (excludes halogenated alkanes) is 1. The van der Waals surface area contributed by atoms with Crippen LogP contribution in [-0.2, 0) is 10.1 Å². The highest BCUT2D eigenvalue weighted by Gasteiger charge is 2.00. The molecule has 124 valence electrons. The smallest absolute Gasteiger partial charge is 0.264 e. The highest BCUT2D eigenvalue weighted by Crippen LogP contribution is 2.17. The normalized spacial score (nSPS) is 9.55. The summed E-state index contributed by atoms with van der Waals surface area (Å²) in [7, 11) is -3.69. The van der Waals surface area contributed by atoms with Gasteiger partial charge >= 0.3 is 0 Å². The van der Waals surface area contributed by atoms with Crippen LogP contribution < -0.4 is 0 Å². The molecule has 2 rings (SSSR count). The summed E-state index contributed by atoms with van der Waals surface area (Å²) in [6.45, 7) is 1.87. The monoisotopic (exact) mass is 440 g/mol. The van der Waals surface area contributed by atoms with E-state index < -0.39 is 10.1 Å². The molecule has 0 radical (unpaired) electrons. The van der Waals surface area contributed by atoms with Crippen LogP contribution in [0.5, 0.6) is 0 Å². The molecule has 0 saturated heterocycles. The Morgan fingerprint density at radius 2 is 1.23 bits per heavy atom. The van der Waals surface area contributed by atoms with Crippen LogP contribution in [0.4, 0.5) is 4.70 Å². The van der Waals surface area contributed by atoms with E-state index in [0.29, 0.717) is 6.42 Å². The molecular formula is C16H22FIO3S. The Morgan fingerprint density at radius 1 is 0.864 bits per heavy atom. The number of halogens is 2. The zero-order valence-corrected chi connectivity index (χ0v) is 15.5. The van der Waals surface area contributed by atoms with E-state index in [4.69, 9.17) is 4.55 Å². The molecule has 0 amide bonds. The average Bonchev–Trinajstić information content (AvgIpc) is 2.47. The molecule has 22 heavy (non-hydrogen) atoms. The van der Waals surface area contributed by atoms with Crippen LogP contribution in [0.2, 0.25) is 0 Å². The lowest BCUT2D eigenvalue weighted by Gasteiger charge is -1.98. The van der Waals surface area contributed by atoms with Crippen molar-refractivity contribution in [1.29, 1.82) is 0 Å². The molecule has 2 aromatic carbocycles. The van der Waals surface area contributed by atoms with Crippen molar-refractivity contribution in [2.45, 2.75) is 19.8 Å². The lowest BCUT2D eigenvalue weighted by atomic mass is 10.1. The van der Waals surface area contributed by atoms with Gasteiger partial charge in [-0.2, -0.15) is 8.42 Å². The van der Waals surface area contributed by atoms with Gasteiger partial charge in [-0.05, 0) is 17.5 Å². The second-order valence-corrected chi connectivity index (χ2v) is 5.94. The predicted molar refractivity (Wildman–Crippen MR) is 101 cm³/mol. The Morgan fingerprint density at radius 3 is 1.45 bits per heavy atom. The van der Waals surface area contributed by atoms with Crippen LogP contribution in [0.3, 0.4) is 0 Å². The van der Waals surface area contributed by atoms with Gasteiger partial charge in [0.1, 0.15) is 0 Å². The highest BCUT2D eigenvalue weighted by atomic mass is 127. The van der Waals surface area contributed by atoms with Crippen molar-refractivity contribution in [3.8, 4) is 11.1 Å². The molecule has 0 aliphatic heterocycles. The maximum Gasteiger partial charge on any atom is 0.264 e. The third kappa shape index (κ3) is 10.7. The van der Waals surface area contributed by atoms with Gasteiger partial charge in [-0.3, -0.25) is 9.26 Å². The summed E-state index contributed by atoms with van der Waals surface area (Å²) in [5.41, 5.74) is 2.55. The second-order valence-electron chi connectivity index (χ2n) is 4.37. The lowest BCUT2D eigenvalue weighted by molar-refractivity contribution is 0.480. The van der Waals surface area contributed by atoms with Crippen LogP contribution in [0.25, 0.3) is 11.1 Å². The van der Waals surface area contributed by atoms with Gasteiger partial charge in [0.25, 0.3) is 10.1 Å². The van der Waals surface area contributed by atoms with Crippen molar-refractivity contribution in [3.63, 3.8) is 0 Å². The molecule has 6 heteroatoms. The molecule has 1 N–H and O–H groups in total. The van der Waals surface area contributed by atoms with Gasteiger partial charge in [0, 0.05) is 0 Å². The van der Waals surface area contributed by atoms with Crippen molar-refractivity contribution in [2.24, 2.45) is 0 Å². The summed E-state index contributed by atoms with van der Waals surface area (Å²) in [5, 5.41) is 0. The van der Waals surface area contributed by atoms with E-state index in [0.717, 1.165) is 6.42 Å². The number of rotatable bonds is 4. The Hall–Kier alpha value is -0.990. The first-order chi connectivity index (χ1) is 9.53. The molecule has 0 saturated carbocycles. The number of hydrogen-bond acceptors (Lipinski definition) is 2. The van der Waals surface area contributed by atoms with Crippen molar-refractivity contribution in [3.05, 3.63) is 60.7 Å². The summed E-state index contributed by atoms with van der Waals surface area (Å²) in [4.78, 5) is 0. The minimum absolute atomic E-state index is 0. The maximum absolute atomic E-state index is 9.95. The topological polar surface area (TPSA) is 54.4 Å². The Kier molecular flexibility index (Phi) is 13.3. The van der Waals surface area contributed by atoms with Gasteiger partial charge in [-0.1, -0.05) is 74.0 Å². The largest absolute Gasteiger partial charge is 0.286 e. The fraction of sp³-hybridized carbons (Fsp3) is 0.250. The van der Waals surface area contributed by atoms with Gasteiger partial charge < -0.3 is 0 Å². The van der Waals surface area contributed by atoms with Gasteiger partial charge in [-0.25, -0.2) is 0 Å². The van der Waals surface area contributed by atoms with Crippen molar-refractivity contribution in [2.75, 3.05) is 5.75 Å². The van der Waals surface area contributed by atoms with Gasteiger partial charge in [0.15, 0.2) is 0 Å². The molecule has 2 aromatic rings. The maximum atomic E-state index is 9.95. The van der Waals surface area contributed by atoms with Crippen LogP contribution in [0, 0.1) is 0 Å². The van der Waals surface area contributed by atoms with E-state index in [1.54, 1.807) is 0 Å². The molecular weight excluding hydrogens is 418 g/mol. The molecule has 0 atom stereocenters. The summed E-state index contributed by atoms with van der Waals surface area (Å²) < 4.78 is 28.0. The molecule has 0 unspecified atom stereocenters. The molecule has 0 heterocycles. The Bertz CT molecular complexity index is 552. The summed E-state index contributed by atoms with van der Waals surface area (Å²) in [6.07, 6.45) is 1.33. The fourth-order valence-corrected chi connectivity index (χ4v) is 2.24. The minimum Gasteiger partial charge on any atom is -0.286 e. The van der Waals surface area contributed by atoms with Crippen molar-refractivity contribution >= 4 is 34.1 Å². The first-order valence-corrected chi connectivity index (χ1v) is 8.19. The Labute approximate surface area is 148 Å². The third-order valence-corrected chi connectivity index (χ3v) is 3.44. The quantitative estimate of drug-likeness (QED) is 0.549. The second kappa shape index (κ2) is 12.5. The molecule has 0 aromatic heterocycles. The van der Waals surface area contributed by atoms with E-state index in [9.17, 15) is 8.42 Å². The summed E-state index contributed by atoms with van der Waals surface area (Å²) >= 11 is 0. The lowest BCUT2D eigenvalue weighted by Crippen LogP contribution is -2.02. The summed E-state index contributed by atoms with van der Waals surface area (Å²) in [5.74, 6) is -0.108. The highest BCUT2D eigenvalue weighted by molar-refractivity contribution is 14.0. The van der Waals surface area contributed by atoms with E-state index in [2.05, 4.69) is 48.5 Å². The zero-order chi connectivity index (χ0) is 14.8. The van der Waals surface area contributed by atoms with Gasteiger partial charge in [0.2, 0.25) is 0 Å². The molecule has 0 aliphatic rings. The first-order valence-electron chi connectivity index (χ1n) is 6.58. The van der Waals surface area contributed by atoms with E-state index in [1.165, 1.54) is 11.1 Å². The summed E-state index contributed by atoms with van der Waals surface area (Å²) in [6, 6.07) is 20.8. The predicted octanol–water partition coefficient (Wildman–Crippen LogP) is 4.80. The molecule has 0 aliphatic carbocycles. The van der Waals surface area contributed by atoms with Crippen LogP contribution >= 0.6 is 24.0 Å². The SMILES string of the molecule is CCCCS(=O)(=O)O.F.I.c1ccc(-c2ccccc2)cc1. The molecule has 3 nitrogen and oxygen atoms in total. The molecule has 0 bridgehead atoms. The number of benzene rings is 2. The van der Waals surface area contributed by atoms with Crippen LogP contribution in [-0.4, -0.2) is 18.7 Å². The van der Waals surface area contributed by atoms with Gasteiger partial charge in [0.05, 0.1) is 5.75 Å². The Balaban J connectivity index is 0. The standard InChI is InChI=1S/C12H10.C4H10O3S.FH.HI/c1-3-7-11(8-4-1)12-9-5-2-6-10-12;1-2-3-4-8(5,6)7;;/h1-10H;2-4H2,1H3,(H,5,6,7);2*1H. The van der Waals surface area contributed by atoms with Crippen LogP contribution in [0.15, 0.2) is 60.7 Å². The zero-order valence-electron chi connectivity index (χ0n) is 12.4. The van der Waals surface area contributed by atoms with Crippen molar-refractivity contribution in [1.82, 2.24) is 0 Å². The average molecular weight is 440 g/mol. The van der Waals surface area contributed by atoms with E-state index in [-0.39, 0.29) is 34.4 Å².